The van der Waals surface area contributed by atoms with Gasteiger partial charge >= 0.3 is 6.18 Å². The van der Waals surface area contributed by atoms with Crippen LogP contribution in [0.1, 0.15) is 35.7 Å². The summed E-state index contributed by atoms with van der Waals surface area (Å²) in [5, 5.41) is 2.81. The van der Waals surface area contributed by atoms with Gasteiger partial charge in [0.05, 0.1) is 11.1 Å². The van der Waals surface area contributed by atoms with Gasteiger partial charge in [-0.05, 0) is 36.8 Å². The van der Waals surface area contributed by atoms with Crippen molar-refractivity contribution < 1.29 is 18.0 Å². The van der Waals surface area contributed by atoms with Crippen molar-refractivity contribution >= 4 is 17.4 Å². The number of aromatic nitrogens is 1. The number of pyridine rings is 1. The zero-order valence-corrected chi connectivity index (χ0v) is 14.1. The Balaban J connectivity index is 2.07. The minimum absolute atomic E-state index is 0.133. The maximum Gasteiger partial charge on any atom is 0.416 e. The van der Waals surface area contributed by atoms with Crippen LogP contribution in [-0.2, 0) is 6.18 Å². The van der Waals surface area contributed by atoms with E-state index >= 15 is 0 Å². The molecular formula is C18H20F3N3O. The molecule has 0 atom stereocenters. The van der Waals surface area contributed by atoms with E-state index in [4.69, 9.17) is 0 Å². The van der Waals surface area contributed by atoms with Gasteiger partial charge in [-0.1, -0.05) is 19.4 Å². The number of rotatable bonds is 6. The number of nitrogens with zero attached hydrogens (tertiary/aromatic N) is 2. The summed E-state index contributed by atoms with van der Waals surface area (Å²) in [6, 6.07) is 8.04. The lowest BCUT2D eigenvalue weighted by atomic mass is 10.2. The SMILES string of the molecule is CCCCN(C)C(=O)c1ccc(Nc2cccc(C(F)(F)F)c2)nc1. The van der Waals surface area contributed by atoms with Gasteiger partial charge in [0.25, 0.3) is 5.91 Å². The van der Waals surface area contributed by atoms with Crippen molar-refractivity contribution in [1.29, 1.82) is 0 Å². The first-order valence-corrected chi connectivity index (χ1v) is 7.97. The van der Waals surface area contributed by atoms with Crippen LogP contribution in [0.4, 0.5) is 24.7 Å². The average molecular weight is 351 g/mol. The summed E-state index contributed by atoms with van der Waals surface area (Å²) in [5.41, 5.74) is -0.0171. The van der Waals surface area contributed by atoms with Crippen molar-refractivity contribution in [2.45, 2.75) is 25.9 Å². The molecule has 25 heavy (non-hydrogen) atoms. The number of anilines is 2. The summed E-state index contributed by atoms with van der Waals surface area (Å²) in [6.07, 6.45) is -1.06. The van der Waals surface area contributed by atoms with E-state index in [1.54, 1.807) is 24.1 Å². The fourth-order valence-electron chi connectivity index (χ4n) is 2.23. The third kappa shape index (κ3) is 5.20. The lowest BCUT2D eigenvalue weighted by Gasteiger charge is -2.16. The standard InChI is InChI=1S/C18H20F3N3O/c1-3-4-10-24(2)17(25)13-8-9-16(22-12-13)23-15-7-5-6-14(11-15)18(19,20)21/h5-9,11-12H,3-4,10H2,1-2H3,(H,22,23). The summed E-state index contributed by atoms with van der Waals surface area (Å²) < 4.78 is 38.2. The first-order chi connectivity index (χ1) is 11.8. The highest BCUT2D eigenvalue weighted by Gasteiger charge is 2.30. The van der Waals surface area contributed by atoms with Gasteiger partial charge in [0, 0.05) is 25.5 Å². The number of benzene rings is 1. The smallest absolute Gasteiger partial charge is 0.342 e. The first kappa shape index (κ1) is 18.8. The fraction of sp³-hybridized carbons (Fsp3) is 0.333. The lowest BCUT2D eigenvalue weighted by Crippen LogP contribution is -2.27. The number of carbonyl (C=O) groups excluding carboxylic acids is 1. The molecule has 0 aliphatic rings. The van der Waals surface area contributed by atoms with Crippen LogP contribution >= 0.6 is 0 Å². The van der Waals surface area contributed by atoms with E-state index in [1.807, 2.05) is 6.92 Å². The monoisotopic (exact) mass is 351 g/mol. The molecule has 0 spiro atoms. The van der Waals surface area contributed by atoms with Crippen molar-refractivity contribution in [1.82, 2.24) is 9.88 Å². The van der Waals surface area contributed by atoms with Crippen molar-refractivity contribution in [3.63, 3.8) is 0 Å². The summed E-state index contributed by atoms with van der Waals surface area (Å²) in [5.74, 6) is 0.235. The van der Waals surface area contributed by atoms with Gasteiger partial charge in [-0.2, -0.15) is 13.2 Å². The normalized spacial score (nSPS) is 11.2. The zero-order chi connectivity index (χ0) is 18.4. The number of nitrogens with one attached hydrogen (secondary N) is 1. The van der Waals surface area contributed by atoms with E-state index in [1.165, 1.54) is 18.3 Å². The van der Waals surface area contributed by atoms with E-state index in [-0.39, 0.29) is 11.6 Å². The molecule has 0 radical (unpaired) electrons. The molecule has 0 saturated carbocycles. The van der Waals surface area contributed by atoms with Crippen LogP contribution in [-0.4, -0.2) is 29.4 Å². The Hall–Kier alpha value is -2.57. The summed E-state index contributed by atoms with van der Waals surface area (Å²) >= 11 is 0. The van der Waals surface area contributed by atoms with Gasteiger partial charge in [0.2, 0.25) is 0 Å². The predicted molar refractivity (Wildman–Crippen MR) is 90.8 cm³/mol. The van der Waals surface area contributed by atoms with E-state index in [2.05, 4.69) is 10.3 Å². The molecule has 2 rings (SSSR count). The number of carbonyl (C=O) groups is 1. The topological polar surface area (TPSA) is 45.2 Å². The number of unbranched alkanes of at least 4 members (excludes halogenated alkanes) is 1. The number of alkyl halides is 3. The minimum Gasteiger partial charge on any atom is -0.342 e. The van der Waals surface area contributed by atoms with Gasteiger partial charge < -0.3 is 10.2 Å². The first-order valence-electron chi connectivity index (χ1n) is 7.97. The molecule has 1 aromatic heterocycles. The van der Waals surface area contributed by atoms with Crippen molar-refractivity contribution in [2.24, 2.45) is 0 Å². The number of amides is 1. The van der Waals surface area contributed by atoms with Gasteiger partial charge in [-0.15, -0.1) is 0 Å². The predicted octanol–water partition coefficient (Wildman–Crippen LogP) is 4.72. The Kier molecular flexibility index (Phi) is 6.01. The molecule has 0 saturated heterocycles. The molecule has 1 amide bonds. The molecule has 0 aliphatic heterocycles. The van der Waals surface area contributed by atoms with Gasteiger partial charge in [-0.25, -0.2) is 4.98 Å². The lowest BCUT2D eigenvalue weighted by molar-refractivity contribution is -0.137. The summed E-state index contributed by atoms with van der Waals surface area (Å²) in [7, 11) is 1.73. The summed E-state index contributed by atoms with van der Waals surface area (Å²) in [6.45, 7) is 2.72. The van der Waals surface area contributed by atoms with E-state index in [0.717, 1.165) is 25.0 Å². The van der Waals surface area contributed by atoms with E-state index in [0.29, 0.717) is 17.9 Å². The van der Waals surface area contributed by atoms with Crippen LogP contribution in [0.15, 0.2) is 42.6 Å². The molecule has 4 nitrogen and oxygen atoms in total. The van der Waals surface area contributed by atoms with Crippen molar-refractivity contribution in [3.8, 4) is 0 Å². The molecule has 0 fully saturated rings. The van der Waals surface area contributed by atoms with Crippen LogP contribution in [0.2, 0.25) is 0 Å². The van der Waals surface area contributed by atoms with Gasteiger partial charge in [-0.3, -0.25) is 4.79 Å². The third-order valence-corrected chi connectivity index (χ3v) is 3.67. The maximum absolute atomic E-state index is 12.7. The number of halogens is 3. The maximum atomic E-state index is 12.7. The number of hydrogen-bond donors (Lipinski definition) is 1. The highest BCUT2D eigenvalue weighted by molar-refractivity contribution is 5.93. The van der Waals surface area contributed by atoms with Crippen molar-refractivity contribution in [2.75, 3.05) is 18.9 Å². The van der Waals surface area contributed by atoms with Gasteiger partial charge in [0.15, 0.2) is 0 Å². The van der Waals surface area contributed by atoms with Crippen LogP contribution < -0.4 is 5.32 Å². The molecule has 0 bridgehead atoms. The van der Waals surface area contributed by atoms with E-state index < -0.39 is 11.7 Å². The Morgan fingerprint density at radius 2 is 2.00 bits per heavy atom. The largest absolute Gasteiger partial charge is 0.416 e. The molecule has 1 N–H and O–H groups in total. The van der Waals surface area contributed by atoms with Crippen LogP contribution in [0.25, 0.3) is 0 Å². The molecule has 1 aromatic carbocycles. The molecule has 0 unspecified atom stereocenters. The Bertz CT molecular complexity index is 714. The third-order valence-electron chi connectivity index (χ3n) is 3.67. The van der Waals surface area contributed by atoms with Gasteiger partial charge in [0.1, 0.15) is 5.82 Å². The molecule has 2 aromatic rings. The van der Waals surface area contributed by atoms with Crippen LogP contribution in [0.5, 0.6) is 0 Å². The molecule has 134 valence electrons. The van der Waals surface area contributed by atoms with Crippen LogP contribution in [0, 0.1) is 0 Å². The Labute approximate surface area is 144 Å². The summed E-state index contributed by atoms with van der Waals surface area (Å²) in [4.78, 5) is 18.0. The van der Waals surface area contributed by atoms with Crippen molar-refractivity contribution in [3.05, 3.63) is 53.7 Å². The second kappa shape index (κ2) is 8.00. The second-order valence-corrected chi connectivity index (χ2v) is 5.72. The number of hydrogen-bond acceptors (Lipinski definition) is 3. The molecule has 7 heteroatoms. The Morgan fingerprint density at radius 1 is 1.24 bits per heavy atom. The molecule has 1 heterocycles. The van der Waals surface area contributed by atoms with E-state index in [9.17, 15) is 18.0 Å². The van der Waals surface area contributed by atoms with Crippen LogP contribution in [0.3, 0.4) is 0 Å². The fourth-order valence-corrected chi connectivity index (χ4v) is 2.23. The highest BCUT2D eigenvalue weighted by atomic mass is 19.4. The minimum atomic E-state index is -4.40. The quantitative estimate of drug-likeness (QED) is 0.819. The highest BCUT2D eigenvalue weighted by Crippen LogP contribution is 2.31. The zero-order valence-electron chi connectivity index (χ0n) is 14.1. The Morgan fingerprint density at radius 3 is 2.60 bits per heavy atom. The average Bonchev–Trinajstić information content (AvgIpc) is 2.59. The molecule has 0 aliphatic carbocycles. The molecular weight excluding hydrogens is 331 g/mol. The second-order valence-electron chi connectivity index (χ2n) is 5.72.